The van der Waals surface area contributed by atoms with Crippen molar-refractivity contribution in [3.05, 3.63) is 265 Å². The molecule has 12 rings (SSSR count). The van der Waals surface area contributed by atoms with Crippen molar-refractivity contribution >= 4 is 52.2 Å². The number of benzene rings is 10. The lowest BCUT2D eigenvalue weighted by atomic mass is 9.63. The van der Waals surface area contributed by atoms with Crippen molar-refractivity contribution in [1.29, 1.82) is 0 Å². The van der Waals surface area contributed by atoms with Gasteiger partial charge >= 0.3 is 0 Å². The van der Waals surface area contributed by atoms with E-state index >= 15 is 0 Å². The first kappa shape index (κ1) is 36.2. The highest BCUT2D eigenvalue weighted by Crippen LogP contribution is 2.55. The van der Waals surface area contributed by atoms with E-state index in [0.29, 0.717) is 0 Å². The SMILES string of the molecule is c1ccc(-c2ccc(N(c3cccc(-c4ccc5c(c4)[Si](c4ccccc4)c4ccccc4C54c5ccccc5Oc5ccccc54)c3)c3cccc4ccccc34)cc2)cc1. The van der Waals surface area contributed by atoms with Gasteiger partial charge in [-0.1, -0.05) is 205 Å². The normalized spacial score (nSPS) is 13.4. The molecule has 0 aliphatic carbocycles. The minimum Gasteiger partial charge on any atom is -0.457 e. The van der Waals surface area contributed by atoms with Crippen molar-refractivity contribution in [2.24, 2.45) is 0 Å². The molecule has 3 heteroatoms. The predicted octanol–water partition coefficient (Wildman–Crippen LogP) is 13.0. The number of nitrogens with zero attached hydrogens (tertiary/aromatic N) is 1. The zero-order chi connectivity index (χ0) is 41.0. The molecule has 0 amide bonds. The monoisotopic (exact) mass is 806 g/mol. The lowest BCUT2D eigenvalue weighted by molar-refractivity contribution is 0.435. The van der Waals surface area contributed by atoms with Gasteiger partial charge in [0.25, 0.3) is 0 Å². The van der Waals surface area contributed by atoms with Crippen LogP contribution in [0.2, 0.25) is 0 Å². The summed E-state index contributed by atoms with van der Waals surface area (Å²) in [5.74, 6) is 1.81. The molecule has 1 radical (unpaired) electrons. The highest BCUT2D eigenvalue weighted by atomic mass is 28.3. The molecule has 0 atom stereocenters. The molecule has 0 unspecified atom stereocenters. The molecular formula is C59H40NOSi. The van der Waals surface area contributed by atoms with Crippen LogP contribution >= 0.6 is 0 Å². The molecule has 0 saturated carbocycles. The Kier molecular flexibility index (Phi) is 8.61. The largest absolute Gasteiger partial charge is 0.457 e. The molecule has 291 valence electrons. The fraction of sp³-hybridized carbons (Fsp3) is 0.0169. The molecule has 10 aromatic rings. The highest BCUT2D eigenvalue weighted by Gasteiger charge is 2.51. The van der Waals surface area contributed by atoms with Gasteiger partial charge in [-0.3, -0.25) is 0 Å². The Balaban J connectivity index is 1.07. The summed E-state index contributed by atoms with van der Waals surface area (Å²) in [7, 11) is -1.46. The third-order valence-corrected chi connectivity index (χ3v) is 15.7. The molecule has 0 aromatic heterocycles. The number of rotatable bonds is 6. The summed E-state index contributed by atoms with van der Waals surface area (Å²) >= 11 is 0. The lowest BCUT2D eigenvalue weighted by Crippen LogP contribution is -2.62. The average Bonchev–Trinajstić information content (AvgIpc) is 3.35. The van der Waals surface area contributed by atoms with Crippen LogP contribution in [0.4, 0.5) is 17.1 Å². The third kappa shape index (κ3) is 5.70. The molecule has 0 bridgehead atoms. The zero-order valence-electron chi connectivity index (χ0n) is 33.9. The number of anilines is 3. The Bertz CT molecular complexity index is 3240. The van der Waals surface area contributed by atoms with Gasteiger partial charge in [0.2, 0.25) is 0 Å². The van der Waals surface area contributed by atoms with Crippen LogP contribution in [-0.2, 0) is 5.41 Å². The van der Waals surface area contributed by atoms with Crippen LogP contribution in [0.25, 0.3) is 33.0 Å². The maximum Gasteiger partial charge on any atom is 0.155 e. The summed E-state index contributed by atoms with van der Waals surface area (Å²) in [5, 5.41) is 6.60. The first-order chi connectivity index (χ1) is 30.8. The Morgan fingerprint density at radius 3 is 1.68 bits per heavy atom. The number of ether oxygens (including phenoxy) is 1. The van der Waals surface area contributed by atoms with Crippen LogP contribution in [0.5, 0.6) is 11.5 Å². The molecule has 0 fully saturated rings. The molecular weight excluding hydrogens is 767 g/mol. The first-order valence-electron chi connectivity index (χ1n) is 21.3. The second-order valence-corrected chi connectivity index (χ2v) is 18.6. The van der Waals surface area contributed by atoms with Crippen molar-refractivity contribution in [2.45, 2.75) is 5.41 Å². The number of fused-ring (bicyclic) bond motifs is 9. The standard InChI is InChI=1S/C59H40NOSi/c1-3-17-41(18-4-1)42-33-36-46(37-34-42)60(54-29-16-20-43-19-7-8-25-49(43)54)47-22-15-21-44(39-47)45-35-38-53-58(40-45)62(48-23-5-2-6-24-48)57-32-14-11-28-52(57)59(53)50-26-9-12-30-55(50)61-56-31-13-10-27-51(56)59/h1-40H. The van der Waals surface area contributed by atoms with E-state index in [0.717, 1.165) is 28.6 Å². The summed E-state index contributed by atoms with van der Waals surface area (Å²) in [6.07, 6.45) is 0. The number of hydrogen-bond acceptors (Lipinski definition) is 2. The summed E-state index contributed by atoms with van der Waals surface area (Å²) in [6, 6.07) is 89.0. The molecule has 0 saturated heterocycles. The van der Waals surface area contributed by atoms with Crippen LogP contribution in [0.15, 0.2) is 243 Å². The number of para-hydroxylation sites is 2. The molecule has 2 aliphatic rings. The maximum absolute atomic E-state index is 6.71. The molecule has 2 heterocycles. The van der Waals surface area contributed by atoms with Crippen LogP contribution in [0, 0.1) is 0 Å². The highest BCUT2D eigenvalue weighted by molar-refractivity contribution is 6.96. The van der Waals surface area contributed by atoms with E-state index in [2.05, 4.69) is 248 Å². The fourth-order valence-electron chi connectivity index (χ4n) is 10.2. The minimum atomic E-state index is -1.46. The summed E-state index contributed by atoms with van der Waals surface area (Å²) < 4.78 is 6.71. The van der Waals surface area contributed by atoms with Crippen molar-refractivity contribution < 1.29 is 4.74 Å². The Morgan fingerprint density at radius 2 is 0.903 bits per heavy atom. The zero-order valence-corrected chi connectivity index (χ0v) is 34.9. The maximum atomic E-state index is 6.71. The van der Waals surface area contributed by atoms with Gasteiger partial charge in [0.15, 0.2) is 8.80 Å². The summed E-state index contributed by atoms with van der Waals surface area (Å²) in [4.78, 5) is 2.42. The summed E-state index contributed by atoms with van der Waals surface area (Å²) in [6.45, 7) is 0. The van der Waals surface area contributed by atoms with Crippen LogP contribution in [0.1, 0.15) is 22.3 Å². The third-order valence-electron chi connectivity index (χ3n) is 12.8. The van der Waals surface area contributed by atoms with Gasteiger partial charge in [-0.25, -0.2) is 0 Å². The fourth-order valence-corrected chi connectivity index (χ4v) is 13.2. The quantitative estimate of drug-likeness (QED) is 0.155. The van der Waals surface area contributed by atoms with Crippen molar-refractivity contribution in [3.63, 3.8) is 0 Å². The molecule has 10 aromatic carbocycles. The van der Waals surface area contributed by atoms with Crippen LogP contribution in [0.3, 0.4) is 0 Å². The predicted molar refractivity (Wildman–Crippen MR) is 259 cm³/mol. The topological polar surface area (TPSA) is 12.5 Å². The van der Waals surface area contributed by atoms with E-state index in [-0.39, 0.29) is 0 Å². The average molecular weight is 807 g/mol. The minimum absolute atomic E-state index is 0.558. The van der Waals surface area contributed by atoms with Gasteiger partial charge in [-0.05, 0) is 91.6 Å². The van der Waals surface area contributed by atoms with Gasteiger partial charge in [0.05, 0.1) is 11.1 Å². The second kappa shape index (κ2) is 14.8. The van der Waals surface area contributed by atoms with Crippen LogP contribution < -0.4 is 25.2 Å². The van der Waals surface area contributed by atoms with E-state index in [4.69, 9.17) is 4.74 Å². The van der Waals surface area contributed by atoms with Crippen molar-refractivity contribution in [3.8, 4) is 33.8 Å². The van der Waals surface area contributed by atoms with Gasteiger partial charge in [-0.2, -0.15) is 0 Å². The van der Waals surface area contributed by atoms with E-state index in [9.17, 15) is 0 Å². The Labute approximate surface area is 364 Å². The van der Waals surface area contributed by atoms with E-state index in [1.54, 1.807) is 0 Å². The van der Waals surface area contributed by atoms with Gasteiger partial charge in [-0.15, -0.1) is 0 Å². The molecule has 0 N–H and O–H groups in total. The number of hydrogen-bond donors (Lipinski definition) is 0. The summed E-state index contributed by atoms with van der Waals surface area (Å²) in [5.41, 5.74) is 12.6. The second-order valence-electron chi connectivity index (χ2n) is 16.2. The molecule has 62 heavy (non-hydrogen) atoms. The van der Waals surface area contributed by atoms with Crippen molar-refractivity contribution in [1.82, 2.24) is 0 Å². The van der Waals surface area contributed by atoms with Gasteiger partial charge in [0, 0.05) is 27.9 Å². The Hall–Kier alpha value is -7.72. The van der Waals surface area contributed by atoms with Crippen LogP contribution in [-0.4, -0.2) is 8.80 Å². The van der Waals surface area contributed by atoms with Gasteiger partial charge in [0.1, 0.15) is 11.5 Å². The van der Waals surface area contributed by atoms with Crippen molar-refractivity contribution in [2.75, 3.05) is 4.90 Å². The smallest absolute Gasteiger partial charge is 0.155 e. The van der Waals surface area contributed by atoms with E-state index < -0.39 is 14.2 Å². The molecule has 2 nitrogen and oxygen atoms in total. The molecule has 2 aliphatic heterocycles. The Morgan fingerprint density at radius 1 is 0.355 bits per heavy atom. The van der Waals surface area contributed by atoms with E-state index in [1.807, 2.05) is 0 Å². The first-order valence-corrected chi connectivity index (χ1v) is 22.8. The van der Waals surface area contributed by atoms with Gasteiger partial charge < -0.3 is 9.64 Å². The van der Waals surface area contributed by atoms with E-state index in [1.165, 1.54) is 70.8 Å². The lowest BCUT2D eigenvalue weighted by Gasteiger charge is -2.47. The molecule has 1 spiro atoms.